The summed E-state index contributed by atoms with van der Waals surface area (Å²) >= 11 is 0. The molecule has 0 saturated heterocycles. The van der Waals surface area contributed by atoms with Crippen LogP contribution in [-0.2, 0) is 44.8 Å². The number of phenolic OH excluding ortho intramolecular Hbond substituents is 1. The first-order chi connectivity index (χ1) is 31.2. The number of rotatable bonds is 39. The van der Waals surface area contributed by atoms with Crippen LogP contribution in [0, 0.1) is 0 Å². The molecule has 1 rings (SSSR count). The van der Waals surface area contributed by atoms with Gasteiger partial charge in [0.05, 0.1) is 19.1 Å². The molecule has 0 saturated carbocycles. The lowest BCUT2D eigenvalue weighted by atomic mass is 10.0. The Morgan fingerprint density at radius 1 is 0.508 bits per heavy atom. The summed E-state index contributed by atoms with van der Waals surface area (Å²) in [7, 11) is 0. The number of hydrogen-bond donors (Lipinski definition) is 10. The number of primary amides is 1. The monoisotopic (exact) mass is 916 g/mol. The minimum atomic E-state index is -1.39. The van der Waals surface area contributed by atoms with Crippen molar-refractivity contribution in [2.45, 2.75) is 186 Å². The molecule has 0 unspecified atom stereocenters. The second kappa shape index (κ2) is 36.2. The molecule has 0 aliphatic carbocycles. The molecule has 18 heteroatoms. The summed E-state index contributed by atoms with van der Waals surface area (Å²) in [6.45, 7) is 3.46. The van der Waals surface area contributed by atoms with E-state index in [9.17, 15) is 43.5 Å². The fourth-order valence-electron chi connectivity index (χ4n) is 7.14. The molecule has 0 spiro atoms. The first-order valence-corrected chi connectivity index (χ1v) is 23.9. The van der Waals surface area contributed by atoms with Gasteiger partial charge in [-0.1, -0.05) is 96.1 Å². The van der Waals surface area contributed by atoms with Gasteiger partial charge < -0.3 is 54.2 Å². The Kier molecular flexibility index (Phi) is 32.2. The van der Waals surface area contributed by atoms with Crippen LogP contribution >= 0.6 is 0 Å². The van der Waals surface area contributed by atoms with Gasteiger partial charge in [0.2, 0.25) is 41.4 Å². The predicted octanol–water partition coefficient (Wildman–Crippen LogP) is 2.70. The molecule has 0 radical (unpaired) electrons. The summed E-state index contributed by atoms with van der Waals surface area (Å²) in [5, 5.41) is 25.3. The fraction of sp³-hybridized carbons (Fsp3) is 0.702. The van der Waals surface area contributed by atoms with E-state index < -0.39 is 66.2 Å². The molecule has 7 amide bonds. The molecule has 0 bridgehead atoms. The molecule has 1 aromatic carbocycles. The lowest BCUT2D eigenvalue weighted by Crippen LogP contribution is -2.58. The van der Waals surface area contributed by atoms with E-state index >= 15 is 0 Å². The van der Waals surface area contributed by atoms with Crippen LogP contribution in [0.1, 0.15) is 161 Å². The van der Waals surface area contributed by atoms with E-state index in [1.165, 1.54) is 89.0 Å². The molecule has 368 valence electrons. The molecule has 4 atom stereocenters. The van der Waals surface area contributed by atoms with Crippen LogP contribution < -0.4 is 49.1 Å². The van der Waals surface area contributed by atoms with Crippen LogP contribution in [0.25, 0.3) is 0 Å². The van der Waals surface area contributed by atoms with Crippen molar-refractivity contribution in [3.05, 3.63) is 29.8 Å². The lowest BCUT2D eigenvalue weighted by molar-refractivity contribution is -0.134. The summed E-state index contributed by atoms with van der Waals surface area (Å²) in [4.78, 5) is 103. The van der Waals surface area contributed by atoms with Crippen LogP contribution in [0.5, 0.6) is 5.75 Å². The van der Waals surface area contributed by atoms with Crippen LogP contribution in [0.2, 0.25) is 0 Å². The Labute approximate surface area is 386 Å². The third-order valence-electron chi connectivity index (χ3n) is 11.1. The van der Waals surface area contributed by atoms with E-state index in [0.717, 1.165) is 19.3 Å². The van der Waals surface area contributed by atoms with E-state index in [0.29, 0.717) is 57.2 Å². The van der Waals surface area contributed by atoms with Crippen LogP contribution in [-0.4, -0.2) is 103 Å². The van der Waals surface area contributed by atoms with Gasteiger partial charge in [0.1, 0.15) is 23.9 Å². The Morgan fingerprint density at radius 2 is 0.954 bits per heavy atom. The molecule has 0 fully saturated rings. The van der Waals surface area contributed by atoms with E-state index in [4.69, 9.17) is 17.2 Å². The Bertz CT molecular complexity index is 1580. The Hall–Kier alpha value is -5.10. The second-order valence-electron chi connectivity index (χ2n) is 16.9. The molecule has 0 aliphatic rings. The molecule has 0 heterocycles. The van der Waals surface area contributed by atoms with Gasteiger partial charge in [-0.2, -0.15) is 0 Å². The average molecular weight is 916 g/mol. The number of phenols is 1. The summed E-state index contributed by atoms with van der Waals surface area (Å²) in [6.07, 6.45) is 17.8. The van der Waals surface area contributed by atoms with Crippen molar-refractivity contribution in [2.75, 3.05) is 26.2 Å². The number of Topliss-reactive ketones (excluding diaryl/α,β-unsaturated/α-hetero) is 1. The minimum Gasteiger partial charge on any atom is -0.508 e. The topological polar surface area (TPSA) is 307 Å². The molecule has 0 aromatic heterocycles. The number of carbonyl (C=O) groups excluding carboxylic acids is 8. The highest BCUT2D eigenvalue weighted by Crippen LogP contribution is 2.14. The molecular formula is C47H81N9O9. The molecule has 0 aliphatic heterocycles. The Balaban J connectivity index is 2.87. The van der Waals surface area contributed by atoms with E-state index in [2.05, 4.69) is 38.8 Å². The molecule has 18 nitrogen and oxygen atoms in total. The van der Waals surface area contributed by atoms with Gasteiger partial charge in [0.15, 0.2) is 5.78 Å². The van der Waals surface area contributed by atoms with Crippen LogP contribution in [0.3, 0.4) is 0 Å². The van der Waals surface area contributed by atoms with Gasteiger partial charge in [-0.3, -0.25) is 38.4 Å². The normalized spacial score (nSPS) is 12.8. The number of nitrogens with one attached hydrogen (secondary N) is 6. The summed E-state index contributed by atoms with van der Waals surface area (Å²) in [5.74, 6) is -4.94. The smallest absolute Gasteiger partial charge is 0.243 e. The zero-order valence-electron chi connectivity index (χ0n) is 39.2. The first-order valence-electron chi connectivity index (χ1n) is 23.9. The van der Waals surface area contributed by atoms with Gasteiger partial charge in [0.25, 0.3) is 0 Å². The minimum absolute atomic E-state index is 0.0311. The Morgan fingerprint density at radius 3 is 1.46 bits per heavy atom. The van der Waals surface area contributed by atoms with Crippen LogP contribution in [0.15, 0.2) is 24.3 Å². The highest BCUT2D eigenvalue weighted by Gasteiger charge is 2.31. The van der Waals surface area contributed by atoms with Gasteiger partial charge in [-0.25, -0.2) is 0 Å². The van der Waals surface area contributed by atoms with Crippen molar-refractivity contribution in [1.29, 1.82) is 0 Å². The maximum absolute atomic E-state index is 13.9. The van der Waals surface area contributed by atoms with Crippen LogP contribution in [0.4, 0.5) is 0 Å². The maximum Gasteiger partial charge on any atom is 0.243 e. The largest absolute Gasteiger partial charge is 0.508 e. The highest BCUT2D eigenvalue weighted by molar-refractivity contribution is 5.96. The number of unbranched alkanes of at least 4 members (excludes halogenated alkanes) is 14. The van der Waals surface area contributed by atoms with Crippen molar-refractivity contribution in [1.82, 2.24) is 31.9 Å². The molecule has 13 N–H and O–H groups in total. The van der Waals surface area contributed by atoms with Crippen molar-refractivity contribution in [3.63, 3.8) is 0 Å². The first kappa shape index (κ1) is 57.9. The number of benzene rings is 1. The number of nitrogens with two attached hydrogens (primary N) is 3. The second-order valence-corrected chi connectivity index (χ2v) is 16.9. The molecular weight excluding hydrogens is 835 g/mol. The van der Waals surface area contributed by atoms with Crippen molar-refractivity contribution in [3.8, 4) is 5.75 Å². The zero-order chi connectivity index (χ0) is 48.2. The quantitative estimate of drug-likeness (QED) is 0.0428. The number of hydrogen-bond acceptors (Lipinski definition) is 11. The van der Waals surface area contributed by atoms with Gasteiger partial charge in [-0.05, 0) is 89.1 Å². The SMILES string of the molecule is CCCCCCCCCCCCCCCC(=O)NCC(=O)NCC(=O)N[C@@H](Cc1ccc(O)cc1)C(=O)N[C@@H](CCC(N)=O)C(=O)N[C@@H](CCCCN)C(=O)N[C@@H](CCCCN)C(C)=O. The third kappa shape index (κ3) is 29.1. The number of ketones is 1. The number of carbonyl (C=O) groups is 8. The van der Waals surface area contributed by atoms with Gasteiger partial charge in [-0.15, -0.1) is 0 Å². The van der Waals surface area contributed by atoms with Gasteiger partial charge in [0, 0.05) is 19.3 Å². The van der Waals surface area contributed by atoms with Crippen molar-refractivity contribution >= 4 is 47.1 Å². The highest BCUT2D eigenvalue weighted by atomic mass is 16.3. The average Bonchev–Trinajstić information content (AvgIpc) is 3.27. The van der Waals surface area contributed by atoms with E-state index in [1.54, 1.807) is 0 Å². The number of amides is 7. The maximum atomic E-state index is 13.9. The molecule has 65 heavy (non-hydrogen) atoms. The van der Waals surface area contributed by atoms with Gasteiger partial charge >= 0.3 is 0 Å². The standard InChI is InChI=1S/C47H81N9O9/c1-3-4-5-6-7-8-9-10-11-12-13-14-15-22-42(60)51-32-43(61)52-33-44(62)53-40(31-35-23-25-36(58)26-24-35)47(65)56-39(27-28-41(50)59)46(64)55-38(21-17-19-30-49)45(63)54-37(34(2)57)20-16-18-29-48/h23-26,37-40,58H,3-22,27-33,48-49H2,1-2H3,(H2,50,59)(H,51,60)(H,52,61)(H,53,62)(H,54,63)(H,55,64)(H,56,65)/t37-,38-,39-,40-/m0/s1. The summed E-state index contributed by atoms with van der Waals surface area (Å²) in [6, 6.07) is 1.22. The predicted molar refractivity (Wildman–Crippen MR) is 251 cm³/mol. The fourth-order valence-corrected chi connectivity index (χ4v) is 7.14. The van der Waals surface area contributed by atoms with Crippen molar-refractivity contribution in [2.24, 2.45) is 17.2 Å². The lowest BCUT2D eigenvalue weighted by Gasteiger charge is -2.26. The van der Waals surface area contributed by atoms with E-state index in [1.807, 2.05) is 0 Å². The number of aromatic hydroxyl groups is 1. The third-order valence-corrected chi connectivity index (χ3v) is 11.1. The van der Waals surface area contributed by atoms with Crippen molar-refractivity contribution < 1.29 is 43.5 Å². The van der Waals surface area contributed by atoms with E-state index in [-0.39, 0.29) is 56.1 Å². The molecule has 1 aromatic rings. The zero-order valence-corrected chi connectivity index (χ0v) is 39.2. The summed E-state index contributed by atoms with van der Waals surface area (Å²) in [5.41, 5.74) is 17.2. The summed E-state index contributed by atoms with van der Waals surface area (Å²) < 4.78 is 0.